The number of amides is 1. The molecule has 1 heterocycles. The number of nitrogens with zero attached hydrogens (tertiary/aromatic N) is 2. The van der Waals surface area contributed by atoms with Crippen LogP contribution in [-0.4, -0.2) is 43.1 Å². The molecule has 8 nitrogen and oxygen atoms in total. The molecule has 0 saturated heterocycles. The molecule has 0 N–H and O–H groups in total. The van der Waals surface area contributed by atoms with Gasteiger partial charge in [0.25, 0.3) is 11.6 Å². The van der Waals surface area contributed by atoms with E-state index in [-0.39, 0.29) is 17.9 Å². The molecule has 35 heavy (non-hydrogen) atoms. The van der Waals surface area contributed by atoms with Crippen LogP contribution in [0.15, 0.2) is 60.7 Å². The first-order valence-electron chi connectivity index (χ1n) is 11.5. The molecule has 0 radical (unpaired) electrons. The summed E-state index contributed by atoms with van der Waals surface area (Å²) in [7, 11) is 3.14. The van der Waals surface area contributed by atoms with Crippen molar-refractivity contribution in [1.29, 1.82) is 0 Å². The normalized spacial score (nSPS) is 14.7. The Morgan fingerprint density at radius 1 is 1.06 bits per heavy atom. The van der Waals surface area contributed by atoms with E-state index in [2.05, 4.69) is 6.92 Å². The number of benzene rings is 3. The second-order valence-corrected chi connectivity index (χ2v) is 8.25. The lowest BCUT2D eigenvalue weighted by atomic mass is 9.91. The molecule has 3 aromatic carbocycles. The van der Waals surface area contributed by atoms with Crippen molar-refractivity contribution in [2.45, 2.75) is 25.8 Å². The highest BCUT2D eigenvalue weighted by Gasteiger charge is 2.35. The van der Waals surface area contributed by atoms with E-state index in [1.807, 2.05) is 36.4 Å². The van der Waals surface area contributed by atoms with Crippen LogP contribution in [0.4, 0.5) is 5.69 Å². The van der Waals surface area contributed by atoms with E-state index in [1.54, 1.807) is 31.3 Å². The van der Waals surface area contributed by atoms with Crippen LogP contribution in [-0.2, 0) is 12.8 Å². The highest BCUT2D eigenvalue weighted by Crippen LogP contribution is 2.39. The summed E-state index contributed by atoms with van der Waals surface area (Å²) in [5.41, 5.74) is 2.92. The largest absolute Gasteiger partial charge is 0.493 e. The Bertz CT molecular complexity index is 1220. The van der Waals surface area contributed by atoms with Crippen molar-refractivity contribution in [3.8, 4) is 17.2 Å². The summed E-state index contributed by atoms with van der Waals surface area (Å²) >= 11 is 0. The summed E-state index contributed by atoms with van der Waals surface area (Å²) in [5.74, 6) is 1.43. The summed E-state index contributed by atoms with van der Waals surface area (Å²) in [5, 5.41) is 11.6. The first kappa shape index (κ1) is 24.1. The van der Waals surface area contributed by atoms with E-state index in [1.165, 1.54) is 17.7 Å². The van der Waals surface area contributed by atoms with Gasteiger partial charge in [-0.2, -0.15) is 0 Å². The predicted octanol–water partition coefficient (Wildman–Crippen LogP) is 4.99. The number of rotatable bonds is 8. The quantitative estimate of drug-likeness (QED) is 0.336. The molecule has 182 valence electrons. The zero-order valence-corrected chi connectivity index (χ0v) is 20.0. The number of nitro groups is 1. The van der Waals surface area contributed by atoms with E-state index in [0.717, 1.165) is 17.5 Å². The predicted molar refractivity (Wildman–Crippen MR) is 131 cm³/mol. The van der Waals surface area contributed by atoms with Gasteiger partial charge < -0.3 is 19.1 Å². The second kappa shape index (κ2) is 10.5. The number of hydrogen-bond acceptors (Lipinski definition) is 6. The highest BCUT2D eigenvalue weighted by molar-refractivity contribution is 5.98. The van der Waals surface area contributed by atoms with Crippen molar-refractivity contribution < 1.29 is 23.9 Å². The van der Waals surface area contributed by atoms with Crippen LogP contribution < -0.4 is 14.2 Å². The van der Waals surface area contributed by atoms with Gasteiger partial charge in [-0.15, -0.1) is 0 Å². The van der Waals surface area contributed by atoms with Gasteiger partial charge in [-0.1, -0.05) is 31.2 Å². The molecule has 0 unspecified atom stereocenters. The Morgan fingerprint density at radius 3 is 2.40 bits per heavy atom. The summed E-state index contributed by atoms with van der Waals surface area (Å²) in [6.07, 6.45) is 1.50. The van der Waals surface area contributed by atoms with Gasteiger partial charge in [0.1, 0.15) is 17.9 Å². The van der Waals surface area contributed by atoms with E-state index in [0.29, 0.717) is 30.2 Å². The number of ether oxygens (including phenoxy) is 3. The Labute approximate surface area is 204 Å². The van der Waals surface area contributed by atoms with Crippen molar-refractivity contribution >= 4 is 11.6 Å². The lowest BCUT2D eigenvalue weighted by Crippen LogP contribution is -2.42. The fourth-order valence-corrected chi connectivity index (χ4v) is 4.42. The van der Waals surface area contributed by atoms with Gasteiger partial charge in [-0.05, 0) is 59.9 Å². The third-order valence-corrected chi connectivity index (χ3v) is 6.33. The number of carbonyl (C=O) groups is 1. The smallest absolute Gasteiger partial charge is 0.282 e. The van der Waals surface area contributed by atoms with Crippen molar-refractivity contribution in [3.63, 3.8) is 0 Å². The Morgan fingerprint density at radius 2 is 1.74 bits per heavy atom. The first-order valence-corrected chi connectivity index (χ1v) is 11.5. The Hall–Kier alpha value is -4.07. The molecule has 0 fully saturated rings. The molecule has 0 bridgehead atoms. The van der Waals surface area contributed by atoms with Crippen LogP contribution in [0.5, 0.6) is 17.2 Å². The molecule has 0 aliphatic carbocycles. The maximum Gasteiger partial charge on any atom is 0.282 e. The number of nitro benzene ring substituents is 1. The van der Waals surface area contributed by atoms with Gasteiger partial charge in [-0.25, -0.2) is 0 Å². The van der Waals surface area contributed by atoms with Crippen LogP contribution in [0.3, 0.4) is 0 Å². The van der Waals surface area contributed by atoms with Gasteiger partial charge in [-0.3, -0.25) is 14.9 Å². The molecule has 1 amide bonds. The molecule has 0 spiro atoms. The lowest BCUT2D eigenvalue weighted by molar-refractivity contribution is -0.385. The average Bonchev–Trinajstić information content (AvgIpc) is 2.90. The fourth-order valence-electron chi connectivity index (χ4n) is 4.42. The summed E-state index contributed by atoms with van der Waals surface area (Å²) in [6, 6.07) is 17.2. The number of para-hydroxylation sites is 1. The topological polar surface area (TPSA) is 91.1 Å². The molecule has 4 rings (SSSR count). The standard InChI is InChI=1S/C27H28N2O6/c1-4-18-9-11-20(12-10-18)35-17-24-22-16-26(34-3)25(33-2)15-19(22)13-14-28(24)27(30)21-7-5-6-8-23(21)29(31)32/h5-12,15-16,24H,4,13-14,17H2,1-3H3/t24-/m0/s1. The number of carbonyl (C=O) groups excluding carboxylic acids is 1. The monoisotopic (exact) mass is 476 g/mol. The van der Waals surface area contributed by atoms with E-state index in [4.69, 9.17) is 14.2 Å². The third-order valence-electron chi connectivity index (χ3n) is 6.33. The van der Waals surface area contributed by atoms with Crippen molar-refractivity contribution in [2.24, 2.45) is 0 Å². The molecule has 8 heteroatoms. The van der Waals surface area contributed by atoms with Gasteiger partial charge >= 0.3 is 0 Å². The minimum Gasteiger partial charge on any atom is -0.493 e. The summed E-state index contributed by atoms with van der Waals surface area (Å²) in [6.45, 7) is 2.65. The Kier molecular flexibility index (Phi) is 7.19. The van der Waals surface area contributed by atoms with E-state index < -0.39 is 16.9 Å². The van der Waals surface area contributed by atoms with Crippen LogP contribution in [0.1, 0.15) is 40.0 Å². The maximum atomic E-state index is 13.6. The van der Waals surface area contributed by atoms with Gasteiger partial charge in [0.05, 0.1) is 25.2 Å². The summed E-state index contributed by atoms with van der Waals surface area (Å²) < 4.78 is 17.1. The van der Waals surface area contributed by atoms with Crippen LogP contribution in [0.2, 0.25) is 0 Å². The molecule has 1 atom stereocenters. The number of fused-ring (bicyclic) bond motifs is 1. The second-order valence-electron chi connectivity index (χ2n) is 8.25. The van der Waals surface area contributed by atoms with E-state index >= 15 is 0 Å². The number of methoxy groups -OCH3 is 2. The fraction of sp³-hybridized carbons (Fsp3) is 0.296. The summed E-state index contributed by atoms with van der Waals surface area (Å²) in [4.78, 5) is 26.3. The van der Waals surface area contributed by atoms with Crippen molar-refractivity contribution in [1.82, 2.24) is 4.90 Å². The minimum atomic E-state index is -0.528. The third kappa shape index (κ3) is 4.91. The number of hydrogen-bond donors (Lipinski definition) is 0. The zero-order valence-electron chi connectivity index (χ0n) is 20.0. The van der Waals surface area contributed by atoms with Crippen LogP contribution in [0.25, 0.3) is 0 Å². The first-order chi connectivity index (χ1) is 17.0. The van der Waals surface area contributed by atoms with E-state index in [9.17, 15) is 14.9 Å². The molecule has 0 saturated carbocycles. The molecular formula is C27H28N2O6. The van der Waals surface area contributed by atoms with Gasteiger partial charge in [0.2, 0.25) is 0 Å². The SMILES string of the molecule is CCc1ccc(OC[C@H]2c3cc(OC)c(OC)cc3CCN2C(=O)c2ccccc2[N+](=O)[O-])cc1. The molecule has 3 aromatic rings. The minimum absolute atomic E-state index is 0.0544. The van der Waals surface area contributed by atoms with Crippen molar-refractivity contribution in [2.75, 3.05) is 27.4 Å². The lowest BCUT2D eigenvalue weighted by Gasteiger charge is -2.37. The highest BCUT2D eigenvalue weighted by atomic mass is 16.6. The van der Waals surface area contributed by atoms with Gasteiger partial charge in [0.15, 0.2) is 11.5 Å². The van der Waals surface area contributed by atoms with Gasteiger partial charge in [0, 0.05) is 12.6 Å². The Balaban J connectivity index is 1.72. The molecule has 0 aromatic heterocycles. The average molecular weight is 477 g/mol. The van der Waals surface area contributed by atoms with Crippen molar-refractivity contribution in [3.05, 3.63) is 93.0 Å². The molecule has 1 aliphatic heterocycles. The molecular weight excluding hydrogens is 448 g/mol. The maximum absolute atomic E-state index is 13.6. The van der Waals surface area contributed by atoms with Crippen LogP contribution >= 0.6 is 0 Å². The van der Waals surface area contributed by atoms with Crippen LogP contribution in [0, 0.1) is 10.1 Å². The number of aryl methyl sites for hydroxylation is 1. The zero-order chi connectivity index (χ0) is 24.9. The molecule has 1 aliphatic rings.